The van der Waals surface area contributed by atoms with Crippen LogP contribution in [0.25, 0.3) is 0 Å². The molecule has 0 saturated heterocycles. The molecule has 1 aromatic carbocycles. The minimum Gasteiger partial charge on any atom is -0.412 e. The smallest absolute Gasteiger partial charge is 0.144 e. The molecule has 0 fully saturated rings. The van der Waals surface area contributed by atoms with E-state index < -0.39 is 0 Å². The second-order valence-corrected chi connectivity index (χ2v) is 3.93. The van der Waals surface area contributed by atoms with Gasteiger partial charge in [-0.15, -0.1) is 37.2 Å². The average molecular weight is 356 g/mol. The Balaban J connectivity index is -0.000000810. The maximum absolute atomic E-state index is 5.97. The molecule has 0 saturated carbocycles. The number of nitrogens with one attached hydrogen (secondary N) is 2. The highest BCUT2D eigenvalue weighted by Gasteiger charge is 2.03. The fourth-order valence-corrected chi connectivity index (χ4v) is 1.57. The summed E-state index contributed by atoms with van der Waals surface area (Å²) in [6.07, 6.45) is 1.74. The quantitative estimate of drug-likeness (QED) is 0.582. The summed E-state index contributed by atoms with van der Waals surface area (Å²) >= 11 is 0. The number of halogens is 3. The van der Waals surface area contributed by atoms with Crippen LogP contribution >= 0.6 is 37.2 Å². The molecule has 0 unspecified atom stereocenters. The third-order valence-electron chi connectivity index (χ3n) is 2.72. The van der Waals surface area contributed by atoms with E-state index in [9.17, 15) is 0 Å². The fourth-order valence-electron chi connectivity index (χ4n) is 1.57. The van der Waals surface area contributed by atoms with E-state index in [1.54, 1.807) is 6.20 Å². The number of hydrogen-bond donors (Lipinski definition) is 3. The average Bonchev–Trinajstić information content (AvgIpc) is 2.36. The molecule has 0 amide bonds. The van der Waals surface area contributed by atoms with E-state index in [-0.39, 0.29) is 42.7 Å². The number of hydrogen-bond acceptors (Lipinski definition) is 4. The molecule has 0 aliphatic rings. The van der Waals surface area contributed by atoms with Gasteiger partial charge in [-0.1, -0.05) is 12.1 Å². The number of nitrogens with two attached hydrogens (primary N) is 1. The first kappa shape index (κ1) is 24.6. The first-order valence-electron chi connectivity index (χ1n) is 5.47. The zero-order chi connectivity index (χ0) is 12.3. The molecule has 0 spiro atoms. The van der Waals surface area contributed by atoms with E-state index in [4.69, 9.17) is 5.73 Å². The van der Waals surface area contributed by atoms with Crippen molar-refractivity contribution in [3.63, 3.8) is 0 Å². The van der Waals surface area contributed by atoms with Crippen LogP contribution in [0.2, 0.25) is 0 Å². The van der Waals surface area contributed by atoms with Gasteiger partial charge in [0.1, 0.15) is 5.82 Å². The van der Waals surface area contributed by atoms with Crippen LogP contribution in [0.5, 0.6) is 0 Å². The molecule has 21 heavy (non-hydrogen) atoms. The second-order valence-electron chi connectivity index (χ2n) is 3.93. The van der Waals surface area contributed by atoms with Gasteiger partial charge in [0.05, 0.1) is 5.69 Å². The molecule has 0 atom stereocenters. The van der Waals surface area contributed by atoms with Crippen molar-refractivity contribution in [3.8, 4) is 0 Å². The Bertz CT molecular complexity index is 526. The zero-order valence-electron chi connectivity index (χ0n) is 11.7. The normalized spacial score (nSPS) is 8.10. The first-order chi connectivity index (χ1) is 8.18. The van der Waals surface area contributed by atoms with Gasteiger partial charge in [-0.25, -0.2) is 4.98 Å². The summed E-state index contributed by atoms with van der Waals surface area (Å²) in [6.45, 7) is 3.99. The molecule has 2 rings (SSSR count). The number of rotatable bonds is 3. The van der Waals surface area contributed by atoms with Crippen molar-refractivity contribution in [1.29, 1.82) is 0 Å². The lowest BCUT2D eigenvalue weighted by atomic mass is 10.1. The summed E-state index contributed by atoms with van der Waals surface area (Å²) < 4.78 is 0. The Hall–Kier alpha value is -1.40. The Morgan fingerprint density at radius 2 is 1.62 bits per heavy atom. The number of hydrazine groups is 1. The van der Waals surface area contributed by atoms with Crippen molar-refractivity contribution in [2.24, 2.45) is 0 Å². The van der Waals surface area contributed by atoms with Gasteiger partial charge < -0.3 is 11.2 Å². The van der Waals surface area contributed by atoms with E-state index in [1.807, 2.05) is 44.2 Å². The number of pyridine rings is 1. The largest absolute Gasteiger partial charge is 0.412 e. The molecule has 6 N–H and O–H groups in total. The highest BCUT2D eigenvalue weighted by molar-refractivity contribution is 5.86. The fraction of sp³-hybridized carbons (Fsp3) is 0.154. The highest BCUT2D eigenvalue weighted by atomic mass is 35.5. The van der Waals surface area contributed by atoms with Gasteiger partial charge in [0.2, 0.25) is 0 Å². The van der Waals surface area contributed by atoms with Crippen molar-refractivity contribution < 1.29 is 5.48 Å². The monoisotopic (exact) mass is 354 g/mol. The van der Waals surface area contributed by atoms with Crippen molar-refractivity contribution in [2.75, 3.05) is 16.6 Å². The lowest BCUT2D eigenvalue weighted by Gasteiger charge is -2.14. The van der Waals surface area contributed by atoms with Crippen LogP contribution in [-0.2, 0) is 0 Å². The SMILES string of the molecule is Cc1ccc(NNc2ccccn2)c(C)c1N.Cl.Cl.Cl.O. The maximum atomic E-state index is 5.97. The highest BCUT2D eigenvalue weighted by Crippen LogP contribution is 2.24. The first-order valence-corrected chi connectivity index (χ1v) is 5.47. The van der Waals surface area contributed by atoms with Gasteiger partial charge in [0, 0.05) is 11.9 Å². The summed E-state index contributed by atoms with van der Waals surface area (Å²) in [5.41, 5.74) is 16.0. The number of aryl methyl sites for hydroxylation is 1. The molecule has 1 heterocycles. The third kappa shape index (κ3) is 6.27. The minimum atomic E-state index is 0. The van der Waals surface area contributed by atoms with Gasteiger partial charge in [-0.05, 0) is 43.2 Å². The van der Waals surface area contributed by atoms with Crippen molar-refractivity contribution in [2.45, 2.75) is 13.8 Å². The molecule has 1 aromatic heterocycles. The van der Waals surface area contributed by atoms with Gasteiger partial charge in [-0.2, -0.15) is 0 Å². The molecule has 5 nitrogen and oxygen atoms in total. The van der Waals surface area contributed by atoms with Gasteiger partial charge in [0.15, 0.2) is 0 Å². The Morgan fingerprint density at radius 1 is 0.952 bits per heavy atom. The molecular formula is C13H21Cl3N4O. The summed E-state index contributed by atoms with van der Waals surface area (Å²) in [7, 11) is 0. The van der Waals surface area contributed by atoms with E-state index in [1.165, 1.54) is 0 Å². The van der Waals surface area contributed by atoms with Crippen LogP contribution in [0.3, 0.4) is 0 Å². The van der Waals surface area contributed by atoms with Gasteiger partial charge >= 0.3 is 0 Å². The Labute approximate surface area is 143 Å². The van der Waals surface area contributed by atoms with E-state index >= 15 is 0 Å². The Kier molecular flexibility index (Phi) is 13.2. The molecule has 0 radical (unpaired) electrons. The number of aromatic nitrogens is 1. The summed E-state index contributed by atoms with van der Waals surface area (Å²) in [5.74, 6) is 0.769. The number of benzene rings is 1. The summed E-state index contributed by atoms with van der Waals surface area (Å²) in [4.78, 5) is 4.16. The molecule has 0 bridgehead atoms. The maximum Gasteiger partial charge on any atom is 0.144 e. The molecule has 0 aliphatic heterocycles. The number of nitrogen functional groups attached to an aromatic ring is 1. The third-order valence-corrected chi connectivity index (χ3v) is 2.72. The van der Waals surface area contributed by atoms with Crippen LogP contribution in [0.4, 0.5) is 17.2 Å². The van der Waals surface area contributed by atoms with Crippen LogP contribution in [0, 0.1) is 13.8 Å². The van der Waals surface area contributed by atoms with E-state index in [2.05, 4.69) is 15.8 Å². The number of anilines is 3. The molecule has 2 aromatic rings. The topological polar surface area (TPSA) is 94.5 Å². The van der Waals surface area contributed by atoms with Crippen molar-refractivity contribution in [1.82, 2.24) is 4.98 Å². The van der Waals surface area contributed by atoms with Gasteiger partial charge in [-0.3, -0.25) is 10.9 Å². The van der Waals surface area contributed by atoms with Crippen LogP contribution in [-0.4, -0.2) is 10.5 Å². The minimum absolute atomic E-state index is 0. The standard InChI is InChI=1S/C13H16N4.3ClH.H2O/c1-9-6-7-11(10(2)13(9)14)16-17-12-5-3-4-8-15-12;;;;/h3-8,16H,14H2,1-2H3,(H,15,17);3*1H;1H2. The predicted octanol–water partition coefficient (Wildman–Crippen LogP) is 3.16. The van der Waals surface area contributed by atoms with E-state index in [0.717, 1.165) is 28.3 Å². The summed E-state index contributed by atoms with van der Waals surface area (Å²) in [6, 6.07) is 9.68. The summed E-state index contributed by atoms with van der Waals surface area (Å²) in [5, 5.41) is 0. The molecule has 120 valence electrons. The molecular weight excluding hydrogens is 335 g/mol. The molecule has 0 aliphatic carbocycles. The van der Waals surface area contributed by atoms with Crippen LogP contribution < -0.4 is 16.6 Å². The predicted molar refractivity (Wildman–Crippen MR) is 97.2 cm³/mol. The zero-order valence-corrected chi connectivity index (χ0v) is 14.2. The van der Waals surface area contributed by atoms with E-state index in [0.29, 0.717) is 0 Å². The lowest BCUT2D eigenvalue weighted by molar-refractivity contribution is 0.824. The van der Waals surface area contributed by atoms with Crippen molar-refractivity contribution >= 4 is 54.4 Å². The lowest BCUT2D eigenvalue weighted by Crippen LogP contribution is -2.11. The van der Waals surface area contributed by atoms with Gasteiger partial charge in [0.25, 0.3) is 0 Å². The second kappa shape index (κ2) is 11.3. The van der Waals surface area contributed by atoms with Crippen LogP contribution in [0.15, 0.2) is 36.5 Å². The van der Waals surface area contributed by atoms with Crippen molar-refractivity contribution in [3.05, 3.63) is 47.7 Å². The Morgan fingerprint density at radius 3 is 2.19 bits per heavy atom. The number of nitrogens with zero attached hydrogens (tertiary/aromatic N) is 1. The van der Waals surface area contributed by atoms with Crippen LogP contribution in [0.1, 0.15) is 11.1 Å². The molecule has 8 heteroatoms.